The number of aromatic nitrogens is 3. The third-order valence-corrected chi connectivity index (χ3v) is 5.79. The third kappa shape index (κ3) is 3.69. The van der Waals surface area contributed by atoms with Crippen LogP contribution in [-0.2, 0) is 22.6 Å². The highest BCUT2D eigenvalue weighted by atomic mass is 16.5. The molecule has 0 radical (unpaired) electrons. The molecule has 2 aromatic rings. The maximum Gasteiger partial charge on any atom is 0.223 e. The Morgan fingerprint density at radius 3 is 2.68 bits per heavy atom. The zero-order chi connectivity index (χ0) is 18.8. The van der Waals surface area contributed by atoms with Crippen LogP contribution in [-0.4, -0.2) is 53.0 Å². The molecule has 0 aliphatic carbocycles. The largest absolute Gasteiger partial charge is 0.474 e. The molecule has 0 saturated carbocycles. The van der Waals surface area contributed by atoms with Crippen molar-refractivity contribution in [2.24, 2.45) is 10.9 Å². The van der Waals surface area contributed by atoms with E-state index in [2.05, 4.69) is 16.3 Å². The summed E-state index contributed by atoms with van der Waals surface area (Å²) in [6.45, 7) is 4.82. The predicted octanol–water partition coefficient (Wildman–Crippen LogP) is 2.61. The maximum atomic E-state index is 6.27. The van der Waals surface area contributed by atoms with Crippen LogP contribution in [0.15, 0.2) is 29.6 Å². The van der Waals surface area contributed by atoms with Crippen molar-refractivity contribution in [3.8, 4) is 5.88 Å². The number of rotatable bonds is 5. The van der Waals surface area contributed by atoms with E-state index in [0.717, 1.165) is 75.5 Å². The van der Waals surface area contributed by atoms with Crippen LogP contribution in [0.2, 0.25) is 0 Å². The van der Waals surface area contributed by atoms with E-state index in [9.17, 15) is 0 Å². The molecule has 3 aliphatic rings. The van der Waals surface area contributed by atoms with Gasteiger partial charge in [0.2, 0.25) is 5.88 Å². The van der Waals surface area contributed by atoms with E-state index in [4.69, 9.17) is 19.2 Å². The van der Waals surface area contributed by atoms with Gasteiger partial charge in [0.1, 0.15) is 6.10 Å². The molecular formula is C21H26N4O3. The molecule has 0 unspecified atom stereocenters. The van der Waals surface area contributed by atoms with Gasteiger partial charge < -0.3 is 14.2 Å². The van der Waals surface area contributed by atoms with Crippen LogP contribution in [0.3, 0.4) is 0 Å². The fourth-order valence-electron chi connectivity index (χ4n) is 4.16. The molecule has 28 heavy (non-hydrogen) atoms. The van der Waals surface area contributed by atoms with Gasteiger partial charge in [-0.3, -0.25) is 9.67 Å². The summed E-state index contributed by atoms with van der Waals surface area (Å²) in [6, 6.07) is 2.04. The zero-order valence-corrected chi connectivity index (χ0v) is 16.0. The minimum absolute atomic E-state index is 0.158. The molecule has 2 fully saturated rings. The normalized spacial score (nSPS) is 20.8. The van der Waals surface area contributed by atoms with Gasteiger partial charge in [-0.1, -0.05) is 0 Å². The summed E-state index contributed by atoms with van der Waals surface area (Å²) in [6.07, 6.45) is 10.0. The zero-order valence-electron chi connectivity index (χ0n) is 16.0. The standard InChI is InChI=1S/C21H26N4O3/c1-6-22-21(28-18-4-9-27-10-5-18)19-16(1)11-23-20(19)17-12-24-25(14-17)13-15-2-7-26-8-3-15/h1,6,12,14-15,18H,2-5,7-11,13H2. The molecule has 0 atom stereocenters. The SMILES string of the molecule is c1cc2c(c(OC3CCOCC3)n1)C(c1cnn(CC3CCOCC3)c1)=NC2. The quantitative estimate of drug-likeness (QED) is 0.795. The molecule has 0 spiro atoms. The molecule has 2 saturated heterocycles. The number of fused-ring (bicyclic) bond motifs is 1. The van der Waals surface area contributed by atoms with Crippen LogP contribution < -0.4 is 4.74 Å². The Morgan fingerprint density at radius 1 is 1.07 bits per heavy atom. The first-order valence-electron chi connectivity index (χ1n) is 10.2. The Morgan fingerprint density at radius 2 is 1.86 bits per heavy atom. The van der Waals surface area contributed by atoms with Crippen LogP contribution >= 0.6 is 0 Å². The average molecular weight is 382 g/mol. The summed E-state index contributed by atoms with van der Waals surface area (Å²) in [5.41, 5.74) is 4.18. The van der Waals surface area contributed by atoms with Crippen molar-refractivity contribution in [2.45, 2.75) is 44.9 Å². The lowest BCUT2D eigenvalue weighted by atomic mass is 10.0. The number of pyridine rings is 1. The Labute approximate surface area is 164 Å². The van der Waals surface area contributed by atoms with Crippen LogP contribution in [0.4, 0.5) is 0 Å². The third-order valence-electron chi connectivity index (χ3n) is 5.79. The first kappa shape index (κ1) is 17.8. The van der Waals surface area contributed by atoms with Gasteiger partial charge >= 0.3 is 0 Å². The molecule has 7 nitrogen and oxygen atoms in total. The minimum Gasteiger partial charge on any atom is -0.474 e. The summed E-state index contributed by atoms with van der Waals surface area (Å²) < 4.78 is 19.2. The number of hydrogen-bond acceptors (Lipinski definition) is 6. The molecule has 0 aromatic carbocycles. The summed E-state index contributed by atoms with van der Waals surface area (Å²) >= 11 is 0. The van der Waals surface area contributed by atoms with Crippen molar-refractivity contribution in [1.29, 1.82) is 0 Å². The van der Waals surface area contributed by atoms with Crippen molar-refractivity contribution in [3.63, 3.8) is 0 Å². The molecule has 0 bridgehead atoms. The van der Waals surface area contributed by atoms with Gasteiger partial charge in [-0.25, -0.2) is 4.98 Å². The smallest absolute Gasteiger partial charge is 0.223 e. The Kier molecular flexibility index (Phi) is 5.10. The topological polar surface area (TPSA) is 70.8 Å². The Bertz CT molecular complexity index is 851. The van der Waals surface area contributed by atoms with E-state index < -0.39 is 0 Å². The molecule has 3 aliphatic heterocycles. The Hall–Kier alpha value is -2.25. The first-order chi connectivity index (χ1) is 13.9. The average Bonchev–Trinajstić information content (AvgIpc) is 3.37. The van der Waals surface area contributed by atoms with Gasteiger partial charge in [0, 0.05) is 50.6 Å². The maximum absolute atomic E-state index is 6.27. The highest BCUT2D eigenvalue weighted by Crippen LogP contribution is 2.31. The van der Waals surface area contributed by atoms with E-state index in [1.807, 2.05) is 23.1 Å². The minimum atomic E-state index is 0.158. The lowest BCUT2D eigenvalue weighted by molar-refractivity contribution is 0.0236. The van der Waals surface area contributed by atoms with Gasteiger partial charge in [0.15, 0.2) is 0 Å². The molecule has 5 rings (SSSR count). The molecule has 2 aromatic heterocycles. The number of aliphatic imine (C=N–C) groups is 1. The van der Waals surface area contributed by atoms with Crippen molar-refractivity contribution < 1.29 is 14.2 Å². The fourth-order valence-corrected chi connectivity index (χ4v) is 4.16. The monoisotopic (exact) mass is 382 g/mol. The van der Waals surface area contributed by atoms with E-state index in [-0.39, 0.29) is 6.10 Å². The molecule has 0 N–H and O–H groups in total. The molecular weight excluding hydrogens is 356 g/mol. The molecule has 5 heterocycles. The van der Waals surface area contributed by atoms with Crippen LogP contribution in [0, 0.1) is 5.92 Å². The van der Waals surface area contributed by atoms with Gasteiger partial charge in [-0.05, 0) is 30.4 Å². The lowest BCUT2D eigenvalue weighted by Gasteiger charge is -2.23. The highest BCUT2D eigenvalue weighted by Gasteiger charge is 2.26. The van der Waals surface area contributed by atoms with Gasteiger partial charge in [0.25, 0.3) is 0 Å². The molecule has 7 heteroatoms. The second-order valence-electron chi connectivity index (χ2n) is 7.75. The predicted molar refractivity (Wildman–Crippen MR) is 104 cm³/mol. The van der Waals surface area contributed by atoms with Crippen LogP contribution in [0.1, 0.15) is 42.4 Å². The number of ether oxygens (including phenoxy) is 3. The van der Waals surface area contributed by atoms with Gasteiger partial charge in [0.05, 0.1) is 37.2 Å². The summed E-state index contributed by atoms with van der Waals surface area (Å²) in [5, 5.41) is 4.59. The van der Waals surface area contributed by atoms with Crippen LogP contribution in [0.5, 0.6) is 5.88 Å². The van der Waals surface area contributed by atoms with E-state index in [1.165, 1.54) is 5.56 Å². The van der Waals surface area contributed by atoms with Crippen molar-refractivity contribution in [2.75, 3.05) is 26.4 Å². The van der Waals surface area contributed by atoms with E-state index in [0.29, 0.717) is 18.3 Å². The van der Waals surface area contributed by atoms with Gasteiger partial charge in [-0.15, -0.1) is 0 Å². The van der Waals surface area contributed by atoms with Gasteiger partial charge in [-0.2, -0.15) is 5.10 Å². The number of hydrogen-bond donors (Lipinski definition) is 0. The first-order valence-corrected chi connectivity index (χ1v) is 10.2. The lowest BCUT2D eigenvalue weighted by Crippen LogP contribution is -2.27. The van der Waals surface area contributed by atoms with Crippen molar-refractivity contribution in [3.05, 3.63) is 41.3 Å². The van der Waals surface area contributed by atoms with Crippen molar-refractivity contribution >= 4 is 5.71 Å². The molecule has 0 amide bonds. The summed E-state index contributed by atoms with van der Waals surface area (Å²) in [4.78, 5) is 9.32. The number of nitrogens with zero attached hydrogens (tertiary/aromatic N) is 4. The Balaban J connectivity index is 1.35. The second kappa shape index (κ2) is 8.01. The van der Waals surface area contributed by atoms with E-state index >= 15 is 0 Å². The highest BCUT2D eigenvalue weighted by molar-refractivity contribution is 6.16. The van der Waals surface area contributed by atoms with Crippen molar-refractivity contribution in [1.82, 2.24) is 14.8 Å². The second-order valence-corrected chi connectivity index (χ2v) is 7.75. The van der Waals surface area contributed by atoms with E-state index in [1.54, 1.807) is 0 Å². The molecule has 148 valence electrons. The fraction of sp³-hybridized carbons (Fsp3) is 0.571. The summed E-state index contributed by atoms with van der Waals surface area (Å²) in [5.74, 6) is 1.33. The summed E-state index contributed by atoms with van der Waals surface area (Å²) in [7, 11) is 0. The van der Waals surface area contributed by atoms with Crippen LogP contribution in [0.25, 0.3) is 0 Å².